The fraction of sp³-hybridized carbons (Fsp3) is 0.588. The fourth-order valence-corrected chi connectivity index (χ4v) is 3.27. The monoisotopic (exact) mass is 355 g/mol. The van der Waals surface area contributed by atoms with Crippen LogP contribution >= 0.6 is 23.8 Å². The Bertz CT molecular complexity index is 527. The lowest BCUT2D eigenvalue weighted by atomic mass is 10.1. The molecule has 1 fully saturated rings. The van der Waals surface area contributed by atoms with E-state index in [1.165, 1.54) is 16.2 Å². The van der Waals surface area contributed by atoms with Crippen LogP contribution in [0.2, 0.25) is 5.02 Å². The molecule has 2 N–H and O–H groups in total. The smallest absolute Gasteiger partial charge is 0.169 e. The molecule has 2 rings (SSSR count). The van der Waals surface area contributed by atoms with Gasteiger partial charge in [-0.2, -0.15) is 0 Å². The minimum absolute atomic E-state index is 0.799. The molecular weight excluding hydrogens is 328 g/mol. The van der Waals surface area contributed by atoms with Gasteiger partial charge < -0.3 is 20.0 Å². The predicted octanol–water partition coefficient (Wildman–Crippen LogP) is 1.18. The van der Waals surface area contributed by atoms with Gasteiger partial charge in [-0.1, -0.05) is 17.7 Å². The van der Waals surface area contributed by atoms with Crippen LogP contribution in [-0.4, -0.2) is 63.4 Å². The lowest BCUT2D eigenvalue weighted by Gasteiger charge is -2.38. The number of rotatable bonds is 5. The molecule has 4 nitrogen and oxygen atoms in total. The minimum Gasteiger partial charge on any atom is -0.368 e. The maximum Gasteiger partial charge on any atom is 0.169 e. The van der Waals surface area contributed by atoms with Gasteiger partial charge in [0.2, 0.25) is 0 Å². The second kappa shape index (κ2) is 8.71. The van der Waals surface area contributed by atoms with E-state index in [9.17, 15) is 0 Å². The van der Waals surface area contributed by atoms with Crippen molar-refractivity contribution in [1.82, 2.24) is 10.2 Å². The van der Waals surface area contributed by atoms with Gasteiger partial charge in [0.15, 0.2) is 5.11 Å². The fourth-order valence-electron chi connectivity index (χ4n) is 2.82. The lowest BCUT2D eigenvalue weighted by molar-refractivity contribution is -0.858. The zero-order valence-corrected chi connectivity index (χ0v) is 15.9. The second-order valence-electron chi connectivity index (χ2n) is 6.45. The molecule has 0 amide bonds. The average Bonchev–Trinajstić information content (AvgIpc) is 2.53. The van der Waals surface area contributed by atoms with E-state index in [1.807, 2.05) is 6.07 Å². The summed E-state index contributed by atoms with van der Waals surface area (Å²) in [5, 5.41) is 5.08. The Kier molecular flexibility index (Phi) is 6.93. The van der Waals surface area contributed by atoms with E-state index in [4.69, 9.17) is 23.8 Å². The number of thiocarbonyl (C=S) groups is 1. The quantitative estimate of drug-likeness (QED) is 0.611. The molecule has 1 aromatic rings. The highest BCUT2D eigenvalue weighted by molar-refractivity contribution is 7.80. The summed E-state index contributed by atoms with van der Waals surface area (Å²) >= 11 is 11.7. The molecule has 128 valence electrons. The molecule has 0 aliphatic carbocycles. The number of aryl methyl sites for hydroxylation is 1. The summed E-state index contributed by atoms with van der Waals surface area (Å²) in [6.45, 7) is 8.12. The van der Waals surface area contributed by atoms with Crippen molar-refractivity contribution in [2.45, 2.75) is 13.3 Å². The first kappa shape index (κ1) is 18.3. The maximum absolute atomic E-state index is 6.14. The van der Waals surface area contributed by atoms with Gasteiger partial charge in [-0.05, 0) is 36.8 Å². The number of hydrogen-bond acceptors (Lipinski definition) is 2. The molecule has 0 spiro atoms. The van der Waals surface area contributed by atoms with Crippen LogP contribution in [0, 0.1) is 6.92 Å². The number of hydrogen-bond donors (Lipinski definition) is 2. The number of nitrogens with one attached hydrogen (secondary N) is 2. The Morgan fingerprint density at radius 3 is 2.61 bits per heavy atom. The van der Waals surface area contributed by atoms with Crippen molar-refractivity contribution in [2.24, 2.45) is 0 Å². The number of nitrogens with zero attached hydrogens (tertiary/aromatic N) is 2. The van der Waals surface area contributed by atoms with Gasteiger partial charge in [-0.15, -0.1) is 0 Å². The summed E-state index contributed by atoms with van der Waals surface area (Å²) in [7, 11) is 4.35. The topological polar surface area (TPSA) is 22.9 Å². The molecule has 1 aliphatic heterocycles. The van der Waals surface area contributed by atoms with Crippen LogP contribution in [0.25, 0.3) is 0 Å². The molecule has 23 heavy (non-hydrogen) atoms. The maximum atomic E-state index is 6.14. The molecule has 0 atom stereocenters. The van der Waals surface area contributed by atoms with Crippen molar-refractivity contribution in [3.8, 4) is 0 Å². The highest BCUT2D eigenvalue weighted by atomic mass is 35.5. The third kappa shape index (κ3) is 5.52. The van der Waals surface area contributed by atoms with Crippen LogP contribution in [0.3, 0.4) is 0 Å². The van der Waals surface area contributed by atoms with E-state index in [-0.39, 0.29) is 0 Å². The first-order valence-corrected chi connectivity index (χ1v) is 9.09. The van der Waals surface area contributed by atoms with E-state index in [1.54, 1.807) is 0 Å². The Balaban J connectivity index is 1.79. The molecule has 6 heteroatoms. The molecule has 1 saturated heterocycles. The molecule has 1 heterocycles. The molecule has 1 aromatic carbocycles. The van der Waals surface area contributed by atoms with Crippen LogP contribution in [0.4, 0.5) is 5.69 Å². The zero-order valence-electron chi connectivity index (χ0n) is 14.4. The molecule has 1 aliphatic rings. The average molecular weight is 356 g/mol. The highest BCUT2D eigenvalue weighted by Gasteiger charge is 2.20. The van der Waals surface area contributed by atoms with Gasteiger partial charge in [0.1, 0.15) is 0 Å². The van der Waals surface area contributed by atoms with Crippen LogP contribution in [-0.2, 0) is 0 Å². The second-order valence-corrected chi connectivity index (χ2v) is 7.27. The Morgan fingerprint density at radius 1 is 1.26 bits per heavy atom. The summed E-state index contributed by atoms with van der Waals surface area (Å²) in [6.07, 6.45) is 1.14. The minimum atomic E-state index is 0.799. The highest BCUT2D eigenvalue weighted by Crippen LogP contribution is 2.25. The van der Waals surface area contributed by atoms with Gasteiger partial charge in [-0.3, -0.25) is 0 Å². The summed E-state index contributed by atoms with van der Waals surface area (Å²) in [5.41, 5.74) is 2.51. The third-order valence-electron chi connectivity index (χ3n) is 4.21. The summed E-state index contributed by atoms with van der Waals surface area (Å²) in [4.78, 5) is 6.15. The standard InChI is InChI=1S/C17H27ClN4S/c1-14-5-6-15(18)13-16(14)21-9-11-22(12-10-21)17(23)19-7-4-8-20(2)3/h5-6,13H,4,7-12H2,1-3H3,(H,19,23)/p+1. The van der Waals surface area contributed by atoms with Crippen molar-refractivity contribution >= 4 is 34.6 Å². The van der Waals surface area contributed by atoms with Crippen molar-refractivity contribution < 1.29 is 4.90 Å². The SMILES string of the molecule is Cc1ccc(Cl)cc1N1CCN(C(=S)NCCC[NH+](C)C)CC1. The first-order chi connectivity index (χ1) is 11.0. The van der Waals surface area contributed by atoms with Crippen molar-refractivity contribution in [2.75, 3.05) is 58.3 Å². The van der Waals surface area contributed by atoms with Crippen molar-refractivity contribution in [3.05, 3.63) is 28.8 Å². The largest absolute Gasteiger partial charge is 0.368 e. The zero-order chi connectivity index (χ0) is 16.8. The van der Waals surface area contributed by atoms with Crippen LogP contribution in [0.5, 0.6) is 0 Å². The number of quaternary nitrogens is 1. The van der Waals surface area contributed by atoms with Crippen LogP contribution in [0.15, 0.2) is 18.2 Å². The van der Waals surface area contributed by atoms with Crippen molar-refractivity contribution in [3.63, 3.8) is 0 Å². The molecular formula is C17H28ClN4S+. The molecule has 0 bridgehead atoms. The van der Waals surface area contributed by atoms with E-state index >= 15 is 0 Å². The summed E-state index contributed by atoms with van der Waals surface area (Å²) < 4.78 is 0. The lowest BCUT2D eigenvalue weighted by Crippen LogP contribution is -3.05. The molecule has 0 aromatic heterocycles. The number of anilines is 1. The first-order valence-electron chi connectivity index (χ1n) is 8.30. The van der Waals surface area contributed by atoms with Gasteiger partial charge >= 0.3 is 0 Å². The van der Waals surface area contributed by atoms with Gasteiger partial charge in [0, 0.05) is 49.9 Å². The van der Waals surface area contributed by atoms with E-state index in [2.05, 4.69) is 48.3 Å². The van der Waals surface area contributed by atoms with Crippen molar-refractivity contribution in [1.29, 1.82) is 0 Å². The summed E-state index contributed by atoms with van der Waals surface area (Å²) in [6, 6.07) is 6.10. The van der Waals surface area contributed by atoms with Gasteiger partial charge in [0.25, 0.3) is 0 Å². The summed E-state index contributed by atoms with van der Waals surface area (Å²) in [5.74, 6) is 0. The van der Waals surface area contributed by atoms with E-state index in [0.29, 0.717) is 0 Å². The van der Waals surface area contributed by atoms with Gasteiger partial charge in [0.05, 0.1) is 20.6 Å². The Hall–Kier alpha value is -1.04. The third-order valence-corrected chi connectivity index (χ3v) is 4.85. The molecule has 0 unspecified atom stereocenters. The molecule has 0 saturated carbocycles. The van der Waals surface area contributed by atoms with E-state index < -0.39 is 0 Å². The predicted molar refractivity (Wildman–Crippen MR) is 103 cm³/mol. The number of piperazine rings is 1. The normalized spacial score (nSPS) is 15.2. The van der Waals surface area contributed by atoms with Crippen LogP contribution < -0.4 is 15.1 Å². The number of halogens is 1. The molecule has 0 radical (unpaired) electrons. The number of benzene rings is 1. The van der Waals surface area contributed by atoms with Gasteiger partial charge in [-0.25, -0.2) is 0 Å². The van der Waals surface area contributed by atoms with Crippen LogP contribution in [0.1, 0.15) is 12.0 Å². The Morgan fingerprint density at radius 2 is 1.96 bits per heavy atom. The Labute approximate surface area is 150 Å². The van der Waals surface area contributed by atoms with E-state index in [0.717, 1.165) is 55.8 Å².